The van der Waals surface area contributed by atoms with Gasteiger partial charge in [0.05, 0.1) is 12.2 Å². The number of likely N-dealkylation sites (N-methyl/N-ethyl adjacent to an activating group) is 1. The van der Waals surface area contributed by atoms with Gasteiger partial charge in [0.25, 0.3) is 0 Å². The fourth-order valence-electron chi connectivity index (χ4n) is 2.79. The number of ether oxygens (including phenoxy) is 1. The molecule has 1 aliphatic heterocycles. The van der Waals surface area contributed by atoms with Crippen LogP contribution in [-0.4, -0.2) is 22.4 Å². The van der Waals surface area contributed by atoms with E-state index < -0.39 is 0 Å². The normalized spacial score (nSPS) is 18.6. The number of nitrogens with one attached hydrogen (secondary N) is 1. The van der Waals surface area contributed by atoms with Gasteiger partial charge in [0, 0.05) is 24.7 Å². The summed E-state index contributed by atoms with van der Waals surface area (Å²) >= 11 is 0. The van der Waals surface area contributed by atoms with Crippen molar-refractivity contribution in [2.75, 3.05) is 6.54 Å². The van der Waals surface area contributed by atoms with Crippen molar-refractivity contribution in [1.82, 2.24) is 15.1 Å². The van der Waals surface area contributed by atoms with Crippen molar-refractivity contribution in [1.29, 1.82) is 0 Å². The molecule has 2 unspecified atom stereocenters. The molecular weight excluding hydrogens is 250 g/mol. The van der Waals surface area contributed by atoms with Gasteiger partial charge < -0.3 is 10.1 Å². The number of para-hydroxylation sites is 1. The maximum Gasteiger partial charge on any atom is 0.123 e. The third-order valence-corrected chi connectivity index (χ3v) is 3.80. The lowest BCUT2D eigenvalue weighted by Gasteiger charge is -2.23. The first-order valence-corrected chi connectivity index (χ1v) is 7.32. The molecule has 1 N–H and O–H groups in total. The summed E-state index contributed by atoms with van der Waals surface area (Å²) in [4.78, 5) is 0. The average molecular weight is 271 g/mol. The van der Waals surface area contributed by atoms with E-state index in [1.54, 1.807) is 0 Å². The Bertz CT molecular complexity index is 554. The maximum absolute atomic E-state index is 6.12. The number of hydrogen-bond acceptors (Lipinski definition) is 3. The van der Waals surface area contributed by atoms with Crippen LogP contribution in [0.2, 0.25) is 0 Å². The van der Waals surface area contributed by atoms with Gasteiger partial charge in [-0.15, -0.1) is 0 Å². The predicted octanol–water partition coefficient (Wildman–Crippen LogP) is 2.56. The molecule has 1 aromatic carbocycles. The standard InChI is InChI=1S/C16H21N3O/c1-3-17-16(13-10-18-19(4-2)11-13)15-9-12-7-5-6-8-14(12)20-15/h5-8,10-11,15-17H,3-4,9H2,1-2H3. The molecule has 2 heterocycles. The van der Waals surface area contributed by atoms with Crippen LogP contribution in [0.3, 0.4) is 0 Å². The molecule has 4 heteroatoms. The second-order valence-electron chi connectivity index (χ2n) is 5.13. The largest absolute Gasteiger partial charge is 0.488 e. The molecule has 0 amide bonds. The summed E-state index contributed by atoms with van der Waals surface area (Å²) in [5.74, 6) is 1.02. The van der Waals surface area contributed by atoms with Gasteiger partial charge >= 0.3 is 0 Å². The van der Waals surface area contributed by atoms with Crippen LogP contribution < -0.4 is 10.1 Å². The summed E-state index contributed by atoms with van der Waals surface area (Å²) in [5, 5.41) is 7.91. The molecule has 0 saturated carbocycles. The van der Waals surface area contributed by atoms with E-state index in [1.165, 1.54) is 11.1 Å². The molecule has 3 rings (SSSR count). The molecule has 0 fully saturated rings. The second-order valence-corrected chi connectivity index (χ2v) is 5.13. The number of rotatable bonds is 5. The Morgan fingerprint density at radius 2 is 2.25 bits per heavy atom. The molecule has 20 heavy (non-hydrogen) atoms. The van der Waals surface area contributed by atoms with E-state index in [4.69, 9.17) is 4.74 Å². The molecule has 2 atom stereocenters. The zero-order valence-corrected chi connectivity index (χ0v) is 12.0. The third-order valence-electron chi connectivity index (χ3n) is 3.80. The lowest BCUT2D eigenvalue weighted by Crippen LogP contribution is -2.34. The van der Waals surface area contributed by atoms with E-state index >= 15 is 0 Å². The molecular formula is C16H21N3O. The van der Waals surface area contributed by atoms with Gasteiger partial charge in [0.2, 0.25) is 0 Å². The highest BCUT2D eigenvalue weighted by Gasteiger charge is 2.31. The Hall–Kier alpha value is -1.81. The molecule has 0 aliphatic carbocycles. The van der Waals surface area contributed by atoms with Crippen molar-refractivity contribution in [3.8, 4) is 5.75 Å². The SMILES string of the molecule is CCNC(c1cnn(CC)c1)C1Cc2ccccc2O1. The van der Waals surface area contributed by atoms with E-state index in [0.717, 1.165) is 25.3 Å². The van der Waals surface area contributed by atoms with E-state index in [-0.39, 0.29) is 12.1 Å². The fraction of sp³-hybridized carbons (Fsp3) is 0.438. The van der Waals surface area contributed by atoms with E-state index in [0.29, 0.717) is 0 Å². The van der Waals surface area contributed by atoms with Crippen molar-refractivity contribution in [2.24, 2.45) is 0 Å². The van der Waals surface area contributed by atoms with Crippen molar-refractivity contribution in [2.45, 2.75) is 39.0 Å². The third kappa shape index (κ3) is 2.43. The minimum absolute atomic E-state index is 0.141. The van der Waals surface area contributed by atoms with E-state index in [1.807, 2.05) is 23.0 Å². The average Bonchev–Trinajstić information content (AvgIpc) is 3.10. The maximum atomic E-state index is 6.12. The van der Waals surface area contributed by atoms with Gasteiger partial charge in [-0.1, -0.05) is 25.1 Å². The quantitative estimate of drug-likeness (QED) is 0.908. The first-order valence-electron chi connectivity index (χ1n) is 7.32. The van der Waals surface area contributed by atoms with Crippen LogP contribution in [0.5, 0.6) is 5.75 Å². The van der Waals surface area contributed by atoms with Crippen molar-refractivity contribution in [3.05, 3.63) is 47.8 Å². The minimum atomic E-state index is 0.141. The molecule has 0 saturated heterocycles. The Labute approximate surface area is 119 Å². The Balaban J connectivity index is 1.82. The van der Waals surface area contributed by atoms with E-state index in [9.17, 15) is 0 Å². The molecule has 2 aromatic rings. The number of benzene rings is 1. The molecule has 4 nitrogen and oxygen atoms in total. The smallest absolute Gasteiger partial charge is 0.123 e. The summed E-state index contributed by atoms with van der Waals surface area (Å²) < 4.78 is 8.08. The molecule has 1 aromatic heterocycles. The van der Waals surface area contributed by atoms with Crippen molar-refractivity contribution >= 4 is 0 Å². The van der Waals surface area contributed by atoms with Crippen molar-refractivity contribution in [3.63, 3.8) is 0 Å². The van der Waals surface area contributed by atoms with Crippen LogP contribution in [-0.2, 0) is 13.0 Å². The van der Waals surface area contributed by atoms with Gasteiger partial charge in [-0.25, -0.2) is 0 Å². The van der Waals surface area contributed by atoms with Crippen LogP contribution in [0.4, 0.5) is 0 Å². The summed E-state index contributed by atoms with van der Waals surface area (Å²) in [6.45, 7) is 6.03. The van der Waals surface area contributed by atoms with Crippen molar-refractivity contribution < 1.29 is 4.74 Å². The van der Waals surface area contributed by atoms with Crippen LogP contribution in [0.25, 0.3) is 0 Å². The van der Waals surface area contributed by atoms with Crippen LogP contribution in [0.1, 0.15) is 31.0 Å². The number of hydrogen-bond donors (Lipinski definition) is 1. The van der Waals surface area contributed by atoms with Gasteiger partial charge in [-0.05, 0) is 25.1 Å². The van der Waals surface area contributed by atoms with Gasteiger partial charge in [0.15, 0.2) is 0 Å². The van der Waals surface area contributed by atoms with E-state index in [2.05, 4.69) is 42.6 Å². The van der Waals surface area contributed by atoms with Gasteiger partial charge in [0.1, 0.15) is 11.9 Å². The topological polar surface area (TPSA) is 39.1 Å². The lowest BCUT2D eigenvalue weighted by atomic mass is 10.00. The minimum Gasteiger partial charge on any atom is -0.488 e. The Kier molecular flexibility index (Phi) is 3.74. The Morgan fingerprint density at radius 1 is 1.40 bits per heavy atom. The van der Waals surface area contributed by atoms with Crippen LogP contribution >= 0.6 is 0 Å². The molecule has 1 aliphatic rings. The number of aryl methyl sites for hydroxylation is 1. The number of nitrogens with zero attached hydrogens (tertiary/aromatic N) is 2. The summed E-state index contributed by atoms with van der Waals surface area (Å²) in [5.41, 5.74) is 2.50. The highest BCUT2D eigenvalue weighted by molar-refractivity contribution is 5.38. The monoisotopic (exact) mass is 271 g/mol. The van der Waals surface area contributed by atoms with Gasteiger partial charge in [-0.3, -0.25) is 4.68 Å². The number of aromatic nitrogens is 2. The lowest BCUT2D eigenvalue weighted by molar-refractivity contribution is 0.179. The number of fused-ring (bicyclic) bond motifs is 1. The van der Waals surface area contributed by atoms with Crippen LogP contribution in [0.15, 0.2) is 36.7 Å². The molecule has 0 radical (unpaired) electrons. The van der Waals surface area contributed by atoms with Gasteiger partial charge in [-0.2, -0.15) is 5.10 Å². The van der Waals surface area contributed by atoms with Crippen LogP contribution in [0, 0.1) is 0 Å². The highest BCUT2D eigenvalue weighted by Crippen LogP contribution is 2.33. The summed E-state index contributed by atoms with van der Waals surface area (Å²) in [6.07, 6.45) is 5.15. The highest BCUT2D eigenvalue weighted by atomic mass is 16.5. The molecule has 0 bridgehead atoms. The summed E-state index contributed by atoms with van der Waals surface area (Å²) in [6, 6.07) is 8.48. The first kappa shape index (κ1) is 13.2. The molecule has 106 valence electrons. The Morgan fingerprint density at radius 3 is 2.95 bits per heavy atom. The zero-order valence-electron chi connectivity index (χ0n) is 12.0. The zero-order chi connectivity index (χ0) is 13.9. The fourth-order valence-corrected chi connectivity index (χ4v) is 2.79. The summed E-state index contributed by atoms with van der Waals surface area (Å²) in [7, 11) is 0. The second kappa shape index (κ2) is 5.67. The first-order chi connectivity index (χ1) is 9.81. The predicted molar refractivity (Wildman–Crippen MR) is 78.9 cm³/mol. The molecule has 0 spiro atoms.